The van der Waals surface area contributed by atoms with Gasteiger partial charge in [0.2, 0.25) is 0 Å². The molecule has 1 aromatic heterocycles. The van der Waals surface area contributed by atoms with E-state index in [-0.39, 0.29) is 5.38 Å². The van der Waals surface area contributed by atoms with Crippen LogP contribution in [0.5, 0.6) is 5.75 Å². The lowest BCUT2D eigenvalue weighted by Crippen LogP contribution is -2.19. The van der Waals surface area contributed by atoms with Gasteiger partial charge in [-0.1, -0.05) is 13.0 Å². The summed E-state index contributed by atoms with van der Waals surface area (Å²) in [5.74, 6) is 1.85. The monoisotopic (exact) mass is 292 g/mol. The van der Waals surface area contributed by atoms with E-state index >= 15 is 0 Å². The maximum Gasteiger partial charge on any atom is 0.147 e. The quantitative estimate of drug-likeness (QED) is 0.737. The lowest BCUT2D eigenvalue weighted by molar-refractivity contribution is 0.313. The summed E-state index contributed by atoms with van der Waals surface area (Å²) in [6.45, 7) is 4.82. The summed E-state index contributed by atoms with van der Waals surface area (Å²) >= 11 is 6.34. The molecule has 1 aromatic carbocycles. The molecule has 4 heteroatoms. The van der Waals surface area contributed by atoms with Crippen LogP contribution >= 0.6 is 11.6 Å². The average molecular weight is 293 g/mol. The van der Waals surface area contributed by atoms with Gasteiger partial charge in [-0.05, 0) is 44.7 Å². The van der Waals surface area contributed by atoms with Crippen molar-refractivity contribution in [1.82, 2.24) is 9.55 Å². The second-order valence-electron chi connectivity index (χ2n) is 5.51. The molecule has 1 unspecified atom stereocenters. The summed E-state index contributed by atoms with van der Waals surface area (Å²) in [6.07, 6.45) is 4.75. The van der Waals surface area contributed by atoms with E-state index < -0.39 is 0 Å². The normalized spacial score (nSPS) is 17.1. The lowest BCUT2D eigenvalue weighted by Gasteiger charge is -2.29. The standard InChI is InChI=1S/C16H21ClN2O/c1-3-10-20-14-9-5-8-13-15(14)18-16(11(2)17)19(13)12-6-4-7-12/h5,8-9,11-12H,3-4,6-7,10H2,1-2H3. The number of fused-ring (bicyclic) bond motifs is 1. The van der Waals surface area contributed by atoms with Gasteiger partial charge in [0, 0.05) is 6.04 Å². The number of hydrogen-bond donors (Lipinski definition) is 0. The number of imidazole rings is 1. The van der Waals surface area contributed by atoms with Crippen molar-refractivity contribution in [3.63, 3.8) is 0 Å². The summed E-state index contributed by atoms with van der Waals surface area (Å²) in [5.41, 5.74) is 2.11. The zero-order chi connectivity index (χ0) is 14.1. The molecule has 1 aliphatic rings. The molecule has 2 aromatic rings. The second kappa shape index (κ2) is 5.65. The highest BCUT2D eigenvalue weighted by atomic mass is 35.5. The van der Waals surface area contributed by atoms with E-state index in [9.17, 15) is 0 Å². The summed E-state index contributed by atoms with van der Waals surface area (Å²) in [5, 5.41) is -0.0815. The molecule has 0 N–H and O–H groups in total. The van der Waals surface area contributed by atoms with Crippen molar-refractivity contribution in [2.45, 2.75) is 50.9 Å². The van der Waals surface area contributed by atoms with Crippen LogP contribution in [0.3, 0.4) is 0 Å². The van der Waals surface area contributed by atoms with Crippen LogP contribution in [-0.4, -0.2) is 16.2 Å². The Labute approximate surface area is 124 Å². The zero-order valence-electron chi connectivity index (χ0n) is 12.1. The molecular weight excluding hydrogens is 272 g/mol. The largest absolute Gasteiger partial charge is 0.491 e. The van der Waals surface area contributed by atoms with Crippen molar-refractivity contribution in [1.29, 1.82) is 0 Å². The molecule has 108 valence electrons. The minimum absolute atomic E-state index is 0.0815. The number of aromatic nitrogens is 2. The van der Waals surface area contributed by atoms with Gasteiger partial charge in [0.15, 0.2) is 0 Å². The Hall–Kier alpha value is -1.22. The fourth-order valence-corrected chi connectivity index (χ4v) is 2.90. The van der Waals surface area contributed by atoms with E-state index in [4.69, 9.17) is 21.3 Å². The van der Waals surface area contributed by atoms with Gasteiger partial charge < -0.3 is 9.30 Å². The maximum atomic E-state index is 6.34. The van der Waals surface area contributed by atoms with Crippen LogP contribution < -0.4 is 4.74 Å². The molecular formula is C16H21ClN2O. The van der Waals surface area contributed by atoms with E-state index in [0.29, 0.717) is 6.04 Å². The number of halogens is 1. The molecule has 1 aliphatic carbocycles. The zero-order valence-corrected chi connectivity index (χ0v) is 12.9. The Kier molecular flexibility index (Phi) is 3.88. The first kappa shape index (κ1) is 13.7. The van der Waals surface area contributed by atoms with E-state index in [1.807, 2.05) is 19.1 Å². The van der Waals surface area contributed by atoms with Gasteiger partial charge in [-0.2, -0.15) is 0 Å². The highest BCUT2D eigenvalue weighted by Gasteiger charge is 2.27. The minimum atomic E-state index is -0.0815. The third-order valence-corrected chi connectivity index (χ3v) is 4.16. The van der Waals surface area contributed by atoms with Crippen LogP contribution in [0, 0.1) is 0 Å². The first-order valence-corrected chi connectivity index (χ1v) is 7.93. The Morgan fingerprint density at radius 2 is 2.25 bits per heavy atom. The van der Waals surface area contributed by atoms with Gasteiger partial charge >= 0.3 is 0 Å². The molecule has 1 atom stereocenters. The number of para-hydroxylation sites is 1. The predicted octanol–water partition coefficient (Wildman–Crippen LogP) is 4.85. The van der Waals surface area contributed by atoms with Crippen LogP contribution in [0.4, 0.5) is 0 Å². The molecule has 1 fully saturated rings. The van der Waals surface area contributed by atoms with Gasteiger partial charge in [-0.25, -0.2) is 4.98 Å². The number of nitrogens with zero attached hydrogens (tertiary/aromatic N) is 2. The highest BCUT2D eigenvalue weighted by molar-refractivity contribution is 6.20. The minimum Gasteiger partial charge on any atom is -0.491 e. The number of ether oxygens (including phenoxy) is 1. The summed E-state index contributed by atoms with van der Waals surface area (Å²) < 4.78 is 8.16. The molecule has 0 bridgehead atoms. The molecule has 3 nitrogen and oxygen atoms in total. The van der Waals surface area contributed by atoms with Crippen molar-refractivity contribution < 1.29 is 4.74 Å². The van der Waals surface area contributed by atoms with Crippen LogP contribution in [0.1, 0.15) is 56.8 Å². The van der Waals surface area contributed by atoms with Crippen LogP contribution in [0.25, 0.3) is 11.0 Å². The first-order chi connectivity index (χ1) is 9.72. The average Bonchev–Trinajstić information content (AvgIpc) is 2.75. The maximum absolute atomic E-state index is 6.34. The fraction of sp³-hybridized carbons (Fsp3) is 0.562. The van der Waals surface area contributed by atoms with Gasteiger partial charge in [0.1, 0.15) is 17.1 Å². The number of rotatable bonds is 5. The van der Waals surface area contributed by atoms with E-state index in [1.54, 1.807) is 0 Å². The Bertz CT molecular complexity index is 602. The van der Waals surface area contributed by atoms with Crippen molar-refractivity contribution in [2.24, 2.45) is 0 Å². The second-order valence-corrected chi connectivity index (χ2v) is 6.17. The van der Waals surface area contributed by atoms with Crippen LogP contribution in [0.15, 0.2) is 18.2 Å². The van der Waals surface area contributed by atoms with E-state index in [0.717, 1.165) is 35.6 Å². The van der Waals surface area contributed by atoms with Crippen molar-refractivity contribution >= 4 is 22.6 Å². The predicted molar refractivity (Wildman–Crippen MR) is 82.7 cm³/mol. The third-order valence-electron chi connectivity index (χ3n) is 3.97. The molecule has 0 radical (unpaired) electrons. The third kappa shape index (κ3) is 2.28. The van der Waals surface area contributed by atoms with Gasteiger partial charge in [-0.15, -0.1) is 11.6 Å². The molecule has 1 heterocycles. The number of alkyl halides is 1. The molecule has 0 aliphatic heterocycles. The van der Waals surface area contributed by atoms with Gasteiger partial charge in [0.25, 0.3) is 0 Å². The van der Waals surface area contributed by atoms with Crippen LogP contribution in [-0.2, 0) is 0 Å². The Morgan fingerprint density at radius 3 is 2.85 bits per heavy atom. The summed E-state index contributed by atoms with van der Waals surface area (Å²) in [6, 6.07) is 6.73. The first-order valence-electron chi connectivity index (χ1n) is 7.50. The Balaban J connectivity index is 2.12. The highest BCUT2D eigenvalue weighted by Crippen LogP contribution is 2.39. The van der Waals surface area contributed by atoms with E-state index in [1.165, 1.54) is 19.3 Å². The summed E-state index contributed by atoms with van der Waals surface area (Å²) in [4.78, 5) is 4.77. The van der Waals surface area contributed by atoms with Crippen molar-refractivity contribution in [2.75, 3.05) is 6.61 Å². The SMILES string of the molecule is CCCOc1cccc2c1nc(C(C)Cl)n2C1CCC1. The molecule has 3 rings (SSSR count). The molecule has 0 saturated heterocycles. The molecule has 20 heavy (non-hydrogen) atoms. The van der Waals surface area contributed by atoms with E-state index in [2.05, 4.69) is 17.6 Å². The molecule has 1 saturated carbocycles. The van der Waals surface area contributed by atoms with Crippen molar-refractivity contribution in [3.8, 4) is 5.75 Å². The van der Waals surface area contributed by atoms with Crippen LogP contribution in [0.2, 0.25) is 0 Å². The molecule has 0 amide bonds. The van der Waals surface area contributed by atoms with Crippen molar-refractivity contribution in [3.05, 3.63) is 24.0 Å². The van der Waals surface area contributed by atoms with Gasteiger partial charge in [0.05, 0.1) is 17.5 Å². The number of benzene rings is 1. The number of hydrogen-bond acceptors (Lipinski definition) is 2. The molecule has 0 spiro atoms. The topological polar surface area (TPSA) is 27.1 Å². The van der Waals surface area contributed by atoms with Gasteiger partial charge in [-0.3, -0.25) is 0 Å². The lowest BCUT2D eigenvalue weighted by atomic mass is 9.92. The Morgan fingerprint density at radius 1 is 1.45 bits per heavy atom. The smallest absolute Gasteiger partial charge is 0.147 e. The fourth-order valence-electron chi connectivity index (χ4n) is 2.75. The summed E-state index contributed by atoms with van der Waals surface area (Å²) in [7, 11) is 0.